The maximum Gasteiger partial charge on any atom is -0.000664 e. The van der Waals surface area contributed by atoms with Crippen LogP contribution >= 0.6 is 0 Å². The average Bonchev–Trinajstić information content (AvgIpc) is 2.30. The van der Waals surface area contributed by atoms with Crippen LogP contribution in [-0.2, 0) is 0 Å². The van der Waals surface area contributed by atoms with Gasteiger partial charge in [-0.3, -0.25) is 0 Å². The molecule has 0 unspecified atom stereocenters. The summed E-state index contributed by atoms with van der Waals surface area (Å²) in [7, 11) is 0. The number of likely N-dealkylation sites (tertiary alicyclic amines) is 1. The SMILES string of the molecule is CCCCCNCCCN1CCC(C)CC1. The van der Waals surface area contributed by atoms with Gasteiger partial charge in [0.25, 0.3) is 0 Å². The van der Waals surface area contributed by atoms with Gasteiger partial charge in [-0.25, -0.2) is 0 Å². The minimum Gasteiger partial charge on any atom is -0.317 e. The Labute approximate surface area is 102 Å². The van der Waals surface area contributed by atoms with Gasteiger partial charge in [0.2, 0.25) is 0 Å². The number of hydrogen-bond acceptors (Lipinski definition) is 2. The topological polar surface area (TPSA) is 15.3 Å². The maximum absolute atomic E-state index is 3.54. The zero-order valence-corrected chi connectivity index (χ0v) is 11.3. The smallest absolute Gasteiger partial charge is 0.000664 e. The van der Waals surface area contributed by atoms with Gasteiger partial charge in [-0.15, -0.1) is 0 Å². The maximum atomic E-state index is 3.54. The number of unbranched alkanes of at least 4 members (excludes halogenated alkanes) is 2. The van der Waals surface area contributed by atoms with Crippen molar-refractivity contribution in [3.05, 3.63) is 0 Å². The summed E-state index contributed by atoms with van der Waals surface area (Å²) in [6.07, 6.45) is 8.18. The largest absolute Gasteiger partial charge is 0.317 e. The number of hydrogen-bond donors (Lipinski definition) is 1. The number of piperidine rings is 1. The van der Waals surface area contributed by atoms with Crippen molar-refractivity contribution >= 4 is 0 Å². The molecule has 0 spiro atoms. The van der Waals surface area contributed by atoms with Gasteiger partial charge in [0.05, 0.1) is 0 Å². The van der Waals surface area contributed by atoms with Crippen LogP contribution in [0.2, 0.25) is 0 Å². The van der Waals surface area contributed by atoms with Crippen LogP contribution in [0.25, 0.3) is 0 Å². The zero-order valence-electron chi connectivity index (χ0n) is 11.3. The van der Waals surface area contributed by atoms with Gasteiger partial charge in [0, 0.05) is 0 Å². The first kappa shape index (κ1) is 14.0. The lowest BCUT2D eigenvalue weighted by Gasteiger charge is -2.30. The molecule has 1 N–H and O–H groups in total. The fraction of sp³-hybridized carbons (Fsp3) is 1.00. The first-order valence-electron chi connectivity index (χ1n) is 7.26. The molecule has 0 aromatic carbocycles. The molecule has 0 aromatic heterocycles. The van der Waals surface area contributed by atoms with E-state index in [1.807, 2.05) is 0 Å². The standard InChI is InChI=1S/C14H30N2/c1-3-4-5-9-15-10-6-11-16-12-7-14(2)8-13-16/h14-15H,3-13H2,1-2H3. The molecule has 2 heteroatoms. The summed E-state index contributed by atoms with van der Waals surface area (Å²) in [5, 5.41) is 3.54. The molecule has 0 radical (unpaired) electrons. The van der Waals surface area contributed by atoms with E-state index in [-0.39, 0.29) is 0 Å². The highest BCUT2D eigenvalue weighted by molar-refractivity contribution is 4.69. The summed E-state index contributed by atoms with van der Waals surface area (Å²) in [5.74, 6) is 0.961. The molecule has 16 heavy (non-hydrogen) atoms. The van der Waals surface area contributed by atoms with Crippen molar-refractivity contribution in [1.82, 2.24) is 10.2 Å². The second kappa shape index (κ2) is 9.00. The first-order valence-corrected chi connectivity index (χ1v) is 7.26. The minimum absolute atomic E-state index is 0.961. The number of nitrogens with zero attached hydrogens (tertiary/aromatic N) is 1. The molecule has 1 fully saturated rings. The van der Waals surface area contributed by atoms with E-state index in [1.165, 1.54) is 71.2 Å². The molecule has 0 aromatic rings. The summed E-state index contributed by atoms with van der Waals surface area (Å²) >= 11 is 0. The van der Waals surface area contributed by atoms with Crippen LogP contribution in [0, 0.1) is 5.92 Å². The molecular weight excluding hydrogens is 196 g/mol. The Bertz CT molecular complexity index is 151. The molecule has 1 saturated heterocycles. The van der Waals surface area contributed by atoms with Crippen molar-refractivity contribution in [2.75, 3.05) is 32.7 Å². The molecule has 2 nitrogen and oxygen atoms in total. The van der Waals surface area contributed by atoms with Crippen LogP contribution in [0.5, 0.6) is 0 Å². The van der Waals surface area contributed by atoms with E-state index in [9.17, 15) is 0 Å². The normalized spacial score (nSPS) is 19.1. The average molecular weight is 226 g/mol. The van der Waals surface area contributed by atoms with Gasteiger partial charge in [-0.1, -0.05) is 26.7 Å². The Hall–Kier alpha value is -0.0800. The van der Waals surface area contributed by atoms with Crippen LogP contribution in [0.4, 0.5) is 0 Å². The Balaban J connectivity index is 1.84. The predicted octanol–water partition coefficient (Wildman–Crippen LogP) is 2.89. The van der Waals surface area contributed by atoms with E-state index < -0.39 is 0 Å². The highest BCUT2D eigenvalue weighted by Crippen LogP contribution is 2.15. The Kier molecular flexibility index (Phi) is 7.87. The highest BCUT2D eigenvalue weighted by Gasteiger charge is 2.14. The molecule has 0 bridgehead atoms. The highest BCUT2D eigenvalue weighted by atomic mass is 15.1. The van der Waals surface area contributed by atoms with Crippen molar-refractivity contribution in [1.29, 1.82) is 0 Å². The summed E-state index contributed by atoms with van der Waals surface area (Å²) in [6, 6.07) is 0. The molecule has 0 aliphatic carbocycles. The molecule has 1 aliphatic heterocycles. The van der Waals surface area contributed by atoms with Crippen LogP contribution in [-0.4, -0.2) is 37.6 Å². The zero-order chi connectivity index (χ0) is 11.6. The molecular formula is C14H30N2. The number of nitrogens with one attached hydrogen (secondary N) is 1. The molecule has 96 valence electrons. The van der Waals surface area contributed by atoms with Crippen molar-refractivity contribution in [3.8, 4) is 0 Å². The fourth-order valence-electron chi connectivity index (χ4n) is 2.34. The lowest BCUT2D eigenvalue weighted by molar-refractivity contribution is 0.190. The van der Waals surface area contributed by atoms with Crippen LogP contribution < -0.4 is 5.32 Å². The van der Waals surface area contributed by atoms with Crippen molar-refractivity contribution in [3.63, 3.8) is 0 Å². The van der Waals surface area contributed by atoms with Gasteiger partial charge in [0.15, 0.2) is 0 Å². The summed E-state index contributed by atoms with van der Waals surface area (Å²) in [4.78, 5) is 2.63. The Morgan fingerprint density at radius 1 is 1.06 bits per heavy atom. The molecule has 1 heterocycles. The van der Waals surface area contributed by atoms with E-state index in [0.29, 0.717) is 0 Å². The van der Waals surface area contributed by atoms with E-state index in [2.05, 4.69) is 24.1 Å². The quantitative estimate of drug-likeness (QED) is 0.640. The number of rotatable bonds is 8. The van der Waals surface area contributed by atoms with Gasteiger partial charge >= 0.3 is 0 Å². The first-order chi connectivity index (χ1) is 7.83. The van der Waals surface area contributed by atoms with Gasteiger partial charge in [0.1, 0.15) is 0 Å². The van der Waals surface area contributed by atoms with E-state index in [4.69, 9.17) is 0 Å². The van der Waals surface area contributed by atoms with Crippen molar-refractivity contribution in [2.45, 2.75) is 52.4 Å². The van der Waals surface area contributed by atoms with Gasteiger partial charge < -0.3 is 10.2 Å². The summed E-state index contributed by atoms with van der Waals surface area (Å²) in [6.45, 7) is 11.0. The Morgan fingerprint density at radius 2 is 1.75 bits per heavy atom. The molecule has 0 saturated carbocycles. The third-order valence-corrected chi connectivity index (χ3v) is 3.66. The second-order valence-corrected chi connectivity index (χ2v) is 5.33. The van der Waals surface area contributed by atoms with Gasteiger partial charge in [-0.05, 0) is 64.3 Å². The van der Waals surface area contributed by atoms with Gasteiger partial charge in [-0.2, -0.15) is 0 Å². The molecule has 0 amide bonds. The van der Waals surface area contributed by atoms with Crippen LogP contribution in [0.1, 0.15) is 52.4 Å². The molecule has 1 rings (SSSR count). The molecule has 1 aliphatic rings. The lowest BCUT2D eigenvalue weighted by atomic mass is 9.99. The van der Waals surface area contributed by atoms with Crippen molar-refractivity contribution < 1.29 is 0 Å². The predicted molar refractivity (Wildman–Crippen MR) is 71.8 cm³/mol. The van der Waals surface area contributed by atoms with Crippen LogP contribution in [0.15, 0.2) is 0 Å². The minimum atomic E-state index is 0.961. The second-order valence-electron chi connectivity index (χ2n) is 5.33. The third kappa shape index (κ3) is 6.49. The third-order valence-electron chi connectivity index (χ3n) is 3.66. The molecule has 0 atom stereocenters. The summed E-state index contributed by atoms with van der Waals surface area (Å²) < 4.78 is 0. The van der Waals surface area contributed by atoms with Crippen molar-refractivity contribution in [2.24, 2.45) is 5.92 Å². The van der Waals surface area contributed by atoms with E-state index >= 15 is 0 Å². The van der Waals surface area contributed by atoms with E-state index in [1.54, 1.807) is 0 Å². The lowest BCUT2D eigenvalue weighted by Crippen LogP contribution is -2.34. The Morgan fingerprint density at radius 3 is 2.44 bits per heavy atom. The fourth-order valence-corrected chi connectivity index (χ4v) is 2.34. The van der Waals surface area contributed by atoms with Crippen LogP contribution in [0.3, 0.4) is 0 Å². The van der Waals surface area contributed by atoms with E-state index in [0.717, 1.165) is 5.92 Å². The summed E-state index contributed by atoms with van der Waals surface area (Å²) in [5.41, 5.74) is 0. The monoisotopic (exact) mass is 226 g/mol.